The van der Waals surface area contributed by atoms with Gasteiger partial charge in [-0.2, -0.15) is 0 Å². The van der Waals surface area contributed by atoms with Gasteiger partial charge < -0.3 is 25.7 Å². The summed E-state index contributed by atoms with van der Waals surface area (Å²) in [5.41, 5.74) is 10.2. The average molecular weight is 482 g/mol. The number of nitrogens with two attached hydrogens (primary N) is 1. The van der Waals surface area contributed by atoms with E-state index in [2.05, 4.69) is 15.6 Å². The molecule has 3 aromatic rings. The lowest BCUT2D eigenvalue weighted by Gasteiger charge is -2.22. The van der Waals surface area contributed by atoms with E-state index in [0.717, 1.165) is 46.0 Å². The van der Waals surface area contributed by atoms with Gasteiger partial charge in [-0.15, -0.1) is 11.3 Å². The van der Waals surface area contributed by atoms with E-state index in [1.54, 1.807) is 12.4 Å². The van der Waals surface area contributed by atoms with Gasteiger partial charge in [0.1, 0.15) is 5.00 Å². The van der Waals surface area contributed by atoms with Gasteiger partial charge in [-0.1, -0.05) is 13.0 Å². The van der Waals surface area contributed by atoms with E-state index in [1.807, 2.05) is 49.0 Å². The minimum atomic E-state index is -0.409. The molecule has 9 heteroatoms. The van der Waals surface area contributed by atoms with E-state index in [-0.39, 0.29) is 17.7 Å². The molecule has 2 unspecified atom stereocenters. The van der Waals surface area contributed by atoms with Crippen LogP contribution in [0.4, 0.5) is 15.5 Å². The SMILES string of the molecule is CC(CC(=O)Nc1sc2c(c1N)CCC(COC(=O)NCc1cccn1C)C2)c1cccnc1. The highest BCUT2D eigenvalue weighted by Crippen LogP contribution is 2.41. The summed E-state index contributed by atoms with van der Waals surface area (Å²) in [6.07, 6.45) is 7.91. The van der Waals surface area contributed by atoms with Gasteiger partial charge in [0.15, 0.2) is 0 Å². The Balaban J connectivity index is 1.27. The molecule has 0 saturated carbocycles. The number of carbonyl (C=O) groups excluding carboxylic acids is 2. The van der Waals surface area contributed by atoms with Crippen LogP contribution in [-0.2, 0) is 36.0 Å². The molecule has 3 aromatic heterocycles. The fourth-order valence-electron chi connectivity index (χ4n) is 4.24. The number of hydrogen-bond donors (Lipinski definition) is 3. The smallest absolute Gasteiger partial charge is 0.407 e. The van der Waals surface area contributed by atoms with E-state index in [4.69, 9.17) is 10.5 Å². The molecule has 4 rings (SSSR count). The van der Waals surface area contributed by atoms with Crippen LogP contribution in [0.1, 0.15) is 47.4 Å². The monoisotopic (exact) mass is 481 g/mol. The molecule has 0 aromatic carbocycles. The van der Waals surface area contributed by atoms with Gasteiger partial charge in [0.25, 0.3) is 0 Å². The number of nitrogen functional groups attached to an aromatic ring is 1. The van der Waals surface area contributed by atoms with Crippen molar-refractivity contribution < 1.29 is 14.3 Å². The van der Waals surface area contributed by atoms with Crippen molar-refractivity contribution in [2.24, 2.45) is 13.0 Å². The number of thiophene rings is 1. The largest absolute Gasteiger partial charge is 0.449 e. The van der Waals surface area contributed by atoms with Crippen LogP contribution in [0.25, 0.3) is 0 Å². The zero-order valence-electron chi connectivity index (χ0n) is 19.5. The zero-order chi connectivity index (χ0) is 24.1. The molecule has 2 atom stereocenters. The van der Waals surface area contributed by atoms with E-state index < -0.39 is 6.09 Å². The molecular weight excluding hydrogens is 450 g/mol. The van der Waals surface area contributed by atoms with Gasteiger partial charge in [-0.3, -0.25) is 9.78 Å². The molecule has 2 amide bonds. The predicted octanol–water partition coefficient (Wildman–Crippen LogP) is 4.23. The first-order chi connectivity index (χ1) is 16.4. The first-order valence-corrected chi connectivity index (χ1v) is 12.3. The second kappa shape index (κ2) is 10.7. The highest BCUT2D eigenvalue weighted by molar-refractivity contribution is 7.17. The molecular formula is C25H31N5O3S. The Hall–Kier alpha value is -3.33. The number of anilines is 2. The van der Waals surface area contributed by atoms with Gasteiger partial charge in [0.2, 0.25) is 5.91 Å². The molecule has 0 bridgehead atoms. The minimum Gasteiger partial charge on any atom is -0.449 e. The van der Waals surface area contributed by atoms with Crippen LogP contribution in [0.5, 0.6) is 0 Å². The number of ether oxygens (including phenoxy) is 1. The van der Waals surface area contributed by atoms with Crippen molar-refractivity contribution >= 4 is 34.0 Å². The van der Waals surface area contributed by atoms with Crippen LogP contribution in [0.2, 0.25) is 0 Å². The van der Waals surface area contributed by atoms with Crippen LogP contribution in [0.3, 0.4) is 0 Å². The summed E-state index contributed by atoms with van der Waals surface area (Å²) in [5, 5.41) is 6.52. The lowest BCUT2D eigenvalue weighted by Crippen LogP contribution is -2.28. The number of nitrogens with one attached hydrogen (secondary N) is 2. The Morgan fingerprint density at radius 3 is 2.94 bits per heavy atom. The Kier molecular flexibility index (Phi) is 7.52. The first-order valence-electron chi connectivity index (χ1n) is 11.5. The Labute approximate surface area is 203 Å². The summed E-state index contributed by atoms with van der Waals surface area (Å²) in [6, 6.07) is 7.75. The molecule has 0 aliphatic heterocycles. The maximum atomic E-state index is 12.6. The summed E-state index contributed by atoms with van der Waals surface area (Å²) < 4.78 is 7.42. The van der Waals surface area contributed by atoms with Crippen molar-refractivity contribution in [1.82, 2.24) is 14.9 Å². The van der Waals surface area contributed by atoms with Crippen LogP contribution >= 0.6 is 11.3 Å². The maximum absolute atomic E-state index is 12.6. The molecule has 0 radical (unpaired) electrons. The number of nitrogens with zero attached hydrogens (tertiary/aromatic N) is 2. The third-order valence-electron chi connectivity index (χ3n) is 6.32. The summed E-state index contributed by atoms with van der Waals surface area (Å²) >= 11 is 1.53. The zero-order valence-corrected chi connectivity index (χ0v) is 20.4. The number of carbonyl (C=O) groups is 2. The summed E-state index contributed by atoms with van der Waals surface area (Å²) in [6.45, 7) is 2.81. The molecule has 1 aliphatic rings. The number of pyridine rings is 1. The third-order valence-corrected chi connectivity index (χ3v) is 7.51. The number of rotatable bonds is 8. The van der Waals surface area contributed by atoms with E-state index >= 15 is 0 Å². The number of aryl methyl sites for hydroxylation is 1. The fourth-order valence-corrected chi connectivity index (χ4v) is 5.54. The molecule has 1 aliphatic carbocycles. The van der Waals surface area contributed by atoms with Gasteiger partial charge in [-0.05, 0) is 60.4 Å². The quantitative estimate of drug-likeness (QED) is 0.446. The fraction of sp³-hybridized carbons (Fsp3) is 0.400. The van der Waals surface area contributed by atoms with Crippen molar-refractivity contribution in [2.75, 3.05) is 17.7 Å². The van der Waals surface area contributed by atoms with Gasteiger partial charge in [0.05, 0.1) is 18.8 Å². The molecule has 8 nitrogen and oxygen atoms in total. The molecule has 0 saturated heterocycles. The van der Waals surface area contributed by atoms with Gasteiger partial charge in [-0.25, -0.2) is 4.79 Å². The van der Waals surface area contributed by atoms with E-state index in [9.17, 15) is 9.59 Å². The second-order valence-corrected chi connectivity index (χ2v) is 9.96. The molecule has 180 valence electrons. The maximum Gasteiger partial charge on any atom is 0.407 e. The highest BCUT2D eigenvalue weighted by atomic mass is 32.1. The molecule has 34 heavy (non-hydrogen) atoms. The van der Waals surface area contributed by atoms with Crippen molar-refractivity contribution in [3.63, 3.8) is 0 Å². The average Bonchev–Trinajstić information content (AvgIpc) is 3.38. The number of aromatic nitrogens is 2. The van der Waals surface area contributed by atoms with Crippen molar-refractivity contribution in [3.8, 4) is 0 Å². The number of amides is 2. The minimum absolute atomic E-state index is 0.0589. The summed E-state index contributed by atoms with van der Waals surface area (Å²) in [5.74, 6) is 0.246. The van der Waals surface area contributed by atoms with Gasteiger partial charge >= 0.3 is 6.09 Å². The van der Waals surface area contributed by atoms with E-state index in [0.29, 0.717) is 25.3 Å². The molecule has 3 heterocycles. The topological polar surface area (TPSA) is 111 Å². The lowest BCUT2D eigenvalue weighted by molar-refractivity contribution is -0.116. The summed E-state index contributed by atoms with van der Waals surface area (Å²) in [7, 11) is 1.94. The molecule has 0 fully saturated rings. The third kappa shape index (κ3) is 5.77. The normalized spacial score (nSPS) is 15.9. The van der Waals surface area contributed by atoms with Crippen LogP contribution in [0, 0.1) is 5.92 Å². The number of hydrogen-bond acceptors (Lipinski definition) is 6. The summed E-state index contributed by atoms with van der Waals surface area (Å²) in [4.78, 5) is 30.0. The van der Waals surface area contributed by atoms with Crippen molar-refractivity contribution in [1.29, 1.82) is 0 Å². The number of alkyl carbamates (subject to hydrolysis) is 1. The first kappa shape index (κ1) is 23.8. The number of fused-ring (bicyclic) bond motifs is 1. The molecule has 0 spiro atoms. The Bertz CT molecular complexity index is 1140. The lowest BCUT2D eigenvalue weighted by atomic mass is 9.89. The van der Waals surface area contributed by atoms with Crippen LogP contribution in [-0.4, -0.2) is 28.2 Å². The van der Waals surface area contributed by atoms with Crippen molar-refractivity contribution in [3.05, 3.63) is 64.6 Å². The van der Waals surface area contributed by atoms with E-state index in [1.165, 1.54) is 11.3 Å². The highest BCUT2D eigenvalue weighted by Gasteiger charge is 2.26. The Morgan fingerprint density at radius 1 is 1.35 bits per heavy atom. The Morgan fingerprint density at radius 2 is 2.21 bits per heavy atom. The standard InChI is InChI=1S/C25H31N5O3S/c1-16(18-5-3-9-27-13-18)11-22(31)29-24-23(26)20-8-7-17(12-21(20)34-24)15-33-25(32)28-14-19-6-4-10-30(19)2/h3-6,9-10,13,16-17H,7-8,11-12,14-15,26H2,1-2H3,(H,28,32)(H,29,31). The van der Waals surface area contributed by atoms with Gasteiger partial charge in [0, 0.05) is 42.6 Å². The second-order valence-electron chi connectivity index (χ2n) is 8.86. The van der Waals surface area contributed by atoms with Crippen molar-refractivity contribution in [2.45, 2.75) is 45.1 Å². The van der Waals surface area contributed by atoms with Crippen LogP contribution < -0.4 is 16.4 Å². The predicted molar refractivity (Wildman–Crippen MR) is 134 cm³/mol. The molecule has 4 N–H and O–H groups in total. The van der Waals surface area contributed by atoms with Crippen LogP contribution in [0.15, 0.2) is 42.9 Å².